The van der Waals surface area contributed by atoms with Gasteiger partial charge in [-0.25, -0.2) is 4.99 Å². The molecular weight excluding hydrogens is 154 g/mol. The number of aliphatic imine (C=N–C) groups is 1. The number of nitrogens with one attached hydrogen (secondary N) is 1. The predicted octanol–water partition coefficient (Wildman–Crippen LogP) is 0.168. The van der Waals surface area contributed by atoms with Gasteiger partial charge in [0.25, 0.3) is 0 Å². The van der Waals surface area contributed by atoms with E-state index in [2.05, 4.69) is 39.9 Å². The van der Waals surface area contributed by atoms with Gasteiger partial charge in [0.05, 0.1) is 5.16 Å². The molecule has 0 atom stereocenters. The Morgan fingerprint density at radius 1 is 1.78 bits per heavy atom. The highest BCUT2D eigenvalue weighted by atomic mass is 32.1. The number of rotatable bonds is 0. The molecule has 3 N–H and O–H groups in total. The average Bonchev–Trinajstić information content (AvgIpc) is 1.89. The van der Waals surface area contributed by atoms with Gasteiger partial charge in [0.15, 0.2) is 5.11 Å². The SMILES string of the molecule is CN=C=S.CNC(N)=S. The summed E-state index contributed by atoms with van der Waals surface area (Å²) in [6.45, 7) is 0. The van der Waals surface area contributed by atoms with Gasteiger partial charge < -0.3 is 11.1 Å². The normalized spacial score (nSPS) is 5.56. The topological polar surface area (TPSA) is 50.4 Å². The van der Waals surface area contributed by atoms with E-state index < -0.39 is 0 Å². The maximum Gasteiger partial charge on any atom is 0.163 e. The van der Waals surface area contributed by atoms with Crippen molar-refractivity contribution < 1.29 is 0 Å². The molecule has 0 bridgehead atoms. The first kappa shape index (κ1) is 11.3. The molecule has 0 saturated heterocycles. The summed E-state index contributed by atoms with van der Waals surface area (Å²) in [4.78, 5) is 3.30. The highest BCUT2D eigenvalue weighted by Crippen LogP contribution is 1.43. The summed E-state index contributed by atoms with van der Waals surface area (Å²) in [6.07, 6.45) is 0. The van der Waals surface area contributed by atoms with Crippen LogP contribution in [0.1, 0.15) is 0 Å². The zero-order valence-corrected chi connectivity index (χ0v) is 6.97. The summed E-state index contributed by atoms with van der Waals surface area (Å²) in [6, 6.07) is 0. The molecule has 0 aliphatic heterocycles. The van der Waals surface area contributed by atoms with Crippen LogP contribution in [0.3, 0.4) is 0 Å². The molecule has 0 spiro atoms. The number of hydrogen-bond donors (Lipinski definition) is 2. The maximum atomic E-state index is 4.91. The smallest absolute Gasteiger partial charge is 0.163 e. The van der Waals surface area contributed by atoms with Gasteiger partial charge in [0.2, 0.25) is 0 Å². The lowest BCUT2D eigenvalue weighted by atomic mass is 11.1. The summed E-state index contributed by atoms with van der Waals surface area (Å²) in [7, 11) is 3.27. The van der Waals surface area contributed by atoms with Crippen LogP contribution in [0.15, 0.2) is 4.99 Å². The fourth-order valence-corrected chi connectivity index (χ4v) is 0. The molecule has 0 aromatic rings. The van der Waals surface area contributed by atoms with E-state index in [1.807, 2.05) is 0 Å². The molecule has 0 saturated carbocycles. The number of hydrogen-bond acceptors (Lipinski definition) is 3. The van der Waals surface area contributed by atoms with E-state index in [0.717, 1.165) is 0 Å². The van der Waals surface area contributed by atoms with E-state index in [0.29, 0.717) is 5.11 Å². The lowest BCUT2D eigenvalue weighted by Gasteiger charge is -1.85. The fourth-order valence-electron chi connectivity index (χ4n) is 0. The van der Waals surface area contributed by atoms with Gasteiger partial charge in [-0.15, -0.1) is 0 Å². The van der Waals surface area contributed by atoms with Crippen LogP contribution >= 0.6 is 24.4 Å². The van der Waals surface area contributed by atoms with Gasteiger partial charge in [-0.1, -0.05) is 0 Å². The fraction of sp³-hybridized carbons (Fsp3) is 0.500. The predicted molar refractivity (Wildman–Crippen MR) is 46.8 cm³/mol. The number of isothiocyanates is 1. The van der Waals surface area contributed by atoms with E-state index in [1.165, 1.54) is 0 Å². The minimum atomic E-state index is 0.338. The second-order valence-electron chi connectivity index (χ2n) is 0.929. The molecule has 52 valence electrons. The lowest BCUT2D eigenvalue weighted by Crippen LogP contribution is -2.24. The van der Waals surface area contributed by atoms with E-state index in [-0.39, 0.29) is 0 Å². The second-order valence-corrected chi connectivity index (χ2v) is 1.55. The van der Waals surface area contributed by atoms with Gasteiger partial charge in [0.1, 0.15) is 0 Å². The Hall–Kier alpha value is -0.510. The number of thiocarbonyl (C=S) groups is 2. The van der Waals surface area contributed by atoms with Gasteiger partial charge in [-0.05, 0) is 24.4 Å². The minimum absolute atomic E-state index is 0.338. The second kappa shape index (κ2) is 10.5. The molecule has 9 heavy (non-hydrogen) atoms. The van der Waals surface area contributed by atoms with Crippen molar-refractivity contribution in [1.82, 2.24) is 5.32 Å². The van der Waals surface area contributed by atoms with Crippen molar-refractivity contribution in [3.05, 3.63) is 0 Å². The highest BCUT2D eigenvalue weighted by Gasteiger charge is 1.66. The molecule has 0 aliphatic carbocycles. The van der Waals surface area contributed by atoms with Gasteiger partial charge >= 0.3 is 0 Å². The number of nitrogens with zero attached hydrogens (tertiary/aromatic N) is 1. The van der Waals surface area contributed by atoms with Crippen molar-refractivity contribution in [2.24, 2.45) is 10.7 Å². The monoisotopic (exact) mass is 163 g/mol. The van der Waals surface area contributed by atoms with Gasteiger partial charge in [0, 0.05) is 14.1 Å². The molecule has 3 nitrogen and oxygen atoms in total. The standard InChI is InChI=1S/C2H6N2S.C2H3NS/c1-4-2(3)5;1-3-2-4/h1H3,(H3,3,4,5);1H3. The third kappa shape index (κ3) is 36.4. The van der Waals surface area contributed by atoms with Crippen molar-refractivity contribution in [3.8, 4) is 0 Å². The van der Waals surface area contributed by atoms with Gasteiger partial charge in [-0.2, -0.15) is 0 Å². The first-order chi connectivity index (χ1) is 4.18. The van der Waals surface area contributed by atoms with Crippen LogP contribution in [0.5, 0.6) is 0 Å². The Kier molecular flexibility index (Phi) is 13.2. The van der Waals surface area contributed by atoms with Crippen molar-refractivity contribution in [3.63, 3.8) is 0 Å². The third-order valence-electron chi connectivity index (χ3n) is 0.338. The Morgan fingerprint density at radius 2 is 2.00 bits per heavy atom. The molecule has 0 rings (SSSR count). The van der Waals surface area contributed by atoms with Crippen LogP contribution in [0, 0.1) is 0 Å². The molecular formula is C4H9N3S2. The largest absolute Gasteiger partial charge is 0.376 e. The van der Waals surface area contributed by atoms with Crippen molar-refractivity contribution in [2.75, 3.05) is 14.1 Å². The molecule has 0 amide bonds. The quantitative estimate of drug-likeness (QED) is 0.395. The summed E-state index contributed by atoms with van der Waals surface area (Å²) in [5.74, 6) is 0. The van der Waals surface area contributed by atoms with E-state index in [9.17, 15) is 0 Å². The number of nitrogens with two attached hydrogens (primary N) is 1. The van der Waals surface area contributed by atoms with Crippen LogP contribution in [-0.4, -0.2) is 24.4 Å². The average molecular weight is 163 g/mol. The first-order valence-corrected chi connectivity index (χ1v) is 2.93. The zero-order chi connectivity index (χ0) is 7.70. The molecule has 5 heteroatoms. The maximum absolute atomic E-state index is 4.91. The van der Waals surface area contributed by atoms with Crippen LogP contribution in [0.2, 0.25) is 0 Å². The highest BCUT2D eigenvalue weighted by molar-refractivity contribution is 7.80. The summed E-state index contributed by atoms with van der Waals surface area (Å²) in [5, 5.41) is 5.01. The van der Waals surface area contributed by atoms with Crippen LogP contribution in [0.25, 0.3) is 0 Å². The van der Waals surface area contributed by atoms with Crippen molar-refractivity contribution in [2.45, 2.75) is 0 Å². The summed E-state index contributed by atoms with van der Waals surface area (Å²) < 4.78 is 0. The molecule has 0 radical (unpaired) electrons. The zero-order valence-electron chi connectivity index (χ0n) is 5.34. The van der Waals surface area contributed by atoms with E-state index >= 15 is 0 Å². The molecule has 0 unspecified atom stereocenters. The molecule has 0 aromatic carbocycles. The Morgan fingerprint density at radius 3 is 2.00 bits per heavy atom. The Balaban J connectivity index is 0. The third-order valence-corrected chi connectivity index (χ3v) is 0.724. The minimum Gasteiger partial charge on any atom is -0.376 e. The van der Waals surface area contributed by atoms with Crippen molar-refractivity contribution in [1.29, 1.82) is 0 Å². The van der Waals surface area contributed by atoms with E-state index in [4.69, 9.17) is 5.73 Å². The Bertz CT molecular complexity index is 117. The van der Waals surface area contributed by atoms with Crippen LogP contribution in [-0.2, 0) is 0 Å². The molecule has 0 aliphatic rings. The summed E-state index contributed by atoms with van der Waals surface area (Å²) >= 11 is 8.50. The molecule has 0 fully saturated rings. The van der Waals surface area contributed by atoms with Crippen molar-refractivity contribution >= 4 is 34.7 Å². The molecule has 0 heterocycles. The lowest BCUT2D eigenvalue weighted by molar-refractivity contribution is 1.18. The van der Waals surface area contributed by atoms with Crippen LogP contribution < -0.4 is 11.1 Å². The summed E-state index contributed by atoms with van der Waals surface area (Å²) in [5.41, 5.74) is 4.91. The Labute approximate surface area is 65.3 Å². The molecule has 0 aromatic heterocycles. The first-order valence-electron chi connectivity index (χ1n) is 2.12. The van der Waals surface area contributed by atoms with Gasteiger partial charge in [-0.3, -0.25) is 0 Å². The van der Waals surface area contributed by atoms with Crippen LogP contribution in [0.4, 0.5) is 0 Å². The van der Waals surface area contributed by atoms with E-state index in [1.54, 1.807) is 14.1 Å².